The molecule has 0 bridgehead atoms. The van der Waals surface area contributed by atoms with Crippen molar-refractivity contribution in [3.8, 4) is 6.07 Å². The Morgan fingerprint density at radius 3 is 3.12 bits per heavy atom. The van der Waals surface area contributed by atoms with Gasteiger partial charge in [-0.25, -0.2) is 4.39 Å². The molecular formula is C12H13FN2S. The van der Waals surface area contributed by atoms with Crippen LogP contribution in [0.2, 0.25) is 0 Å². The monoisotopic (exact) mass is 236 g/mol. The highest BCUT2D eigenvalue weighted by molar-refractivity contribution is 7.99. The van der Waals surface area contributed by atoms with Crippen LogP contribution in [0.3, 0.4) is 0 Å². The van der Waals surface area contributed by atoms with Gasteiger partial charge in [0.25, 0.3) is 0 Å². The average molecular weight is 236 g/mol. The second-order valence-corrected chi connectivity index (χ2v) is 5.06. The predicted octanol–water partition coefficient (Wildman–Crippen LogP) is 2.86. The van der Waals surface area contributed by atoms with Gasteiger partial charge in [-0.2, -0.15) is 17.0 Å². The van der Waals surface area contributed by atoms with E-state index >= 15 is 0 Å². The lowest BCUT2D eigenvalue weighted by Gasteiger charge is -2.12. The molecule has 1 atom stereocenters. The molecule has 1 aromatic rings. The molecule has 0 aliphatic carbocycles. The number of hydrogen-bond donors (Lipinski definition) is 1. The van der Waals surface area contributed by atoms with Crippen LogP contribution in [-0.4, -0.2) is 18.1 Å². The highest BCUT2D eigenvalue weighted by Crippen LogP contribution is 2.24. The number of hydrogen-bond acceptors (Lipinski definition) is 3. The summed E-state index contributed by atoms with van der Waals surface area (Å²) in [7, 11) is 0. The van der Waals surface area contributed by atoms with Gasteiger partial charge in [-0.3, -0.25) is 0 Å². The molecule has 1 fully saturated rings. The number of thioether (sulfide) groups is 1. The first-order valence-electron chi connectivity index (χ1n) is 5.31. The van der Waals surface area contributed by atoms with E-state index in [1.807, 2.05) is 17.8 Å². The van der Waals surface area contributed by atoms with Crippen molar-refractivity contribution < 1.29 is 4.39 Å². The third kappa shape index (κ3) is 2.67. The summed E-state index contributed by atoms with van der Waals surface area (Å²) in [5.74, 6) is 2.71. The maximum absolute atomic E-state index is 12.9. The number of nitriles is 1. The van der Waals surface area contributed by atoms with Crippen molar-refractivity contribution in [2.75, 3.05) is 23.4 Å². The van der Waals surface area contributed by atoms with Gasteiger partial charge < -0.3 is 5.32 Å². The van der Waals surface area contributed by atoms with Gasteiger partial charge in [-0.1, -0.05) is 0 Å². The molecule has 1 saturated heterocycles. The quantitative estimate of drug-likeness (QED) is 0.876. The van der Waals surface area contributed by atoms with Crippen LogP contribution >= 0.6 is 11.8 Å². The molecule has 4 heteroatoms. The van der Waals surface area contributed by atoms with Crippen molar-refractivity contribution in [2.45, 2.75) is 6.42 Å². The van der Waals surface area contributed by atoms with Gasteiger partial charge in [0.05, 0.1) is 11.3 Å². The lowest BCUT2D eigenvalue weighted by atomic mass is 10.1. The van der Waals surface area contributed by atoms with E-state index in [-0.39, 0.29) is 5.82 Å². The Hall–Kier alpha value is -1.21. The Balaban J connectivity index is 2.00. The molecule has 2 nitrogen and oxygen atoms in total. The van der Waals surface area contributed by atoms with Crippen molar-refractivity contribution in [1.82, 2.24) is 0 Å². The van der Waals surface area contributed by atoms with Gasteiger partial charge >= 0.3 is 0 Å². The Morgan fingerprint density at radius 1 is 1.56 bits per heavy atom. The third-order valence-corrected chi connectivity index (χ3v) is 3.94. The lowest BCUT2D eigenvalue weighted by molar-refractivity contribution is 0.624. The van der Waals surface area contributed by atoms with Gasteiger partial charge in [0.2, 0.25) is 0 Å². The highest BCUT2D eigenvalue weighted by Gasteiger charge is 2.15. The molecule has 0 aromatic heterocycles. The van der Waals surface area contributed by atoms with E-state index < -0.39 is 0 Å². The summed E-state index contributed by atoms with van der Waals surface area (Å²) in [4.78, 5) is 0. The first-order valence-corrected chi connectivity index (χ1v) is 6.46. The zero-order chi connectivity index (χ0) is 11.4. The molecule has 84 valence electrons. The van der Waals surface area contributed by atoms with E-state index in [1.54, 1.807) is 6.07 Å². The third-order valence-electron chi connectivity index (χ3n) is 2.71. The summed E-state index contributed by atoms with van der Waals surface area (Å²) in [6.45, 7) is 0.868. The van der Waals surface area contributed by atoms with Crippen molar-refractivity contribution in [3.05, 3.63) is 29.6 Å². The van der Waals surface area contributed by atoms with Crippen LogP contribution in [0.25, 0.3) is 0 Å². The minimum Gasteiger partial charge on any atom is -0.384 e. The van der Waals surface area contributed by atoms with Crippen molar-refractivity contribution in [3.63, 3.8) is 0 Å². The van der Waals surface area contributed by atoms with E-state index in [1.165, 1.54) is 30.1 Å². The van der Waals surface area contributed by atoms with Gasteiger partial charge in [0.15, 0.2) is 0 Å². The van der Waals surface area contributed by atoms with E-state index in [0.717, 1.165) is 12.2 Å². The molecule has 1 aromatic carbocycles. The van der Waals surface area contributed by atoms with Gasteiger partial charge in [0.1, 0.15) is 11.9 Å². The zero-order valence-corrected chi connectivity index (χ0v) is 9.69. The molecule has 0 amide bonds. The minimum atomic E-state index is -0.362. The fraction of sp³-hybridized carbons (Fsp3) is 0.417. The van der Waals surface area contributed by atoms with Crippen LogP contribution in [0.4, 0.5) is 10.1 Å². The van der Waals surface area contributed by atoms with Gasteiger partial charge in [-0.05, 0) is 42.0 Å². The lowest BCUT2D eigenvalue weighted by Crippen LogP contribution is -2.14. The number of nitrogens with zero attached hydrogens (tertiary/aromatic N) is 1. The molecule has 16 heavy (non-hydrogen) atoms. The number of halogens is 1. The van der Waals surface area contributed by atoms with Crippen molar-refractivity contribution in [2.24, 2.45) is 5.92 Å². The maximum atomic E-state index is 12.9. The second kappa shape index (κ2) is 5.22. The molecule has 1 heterocycles. The largest absolute Gasteiger partial charge is 0.384 e. The summed E-state index contributed by atoms with van der Waals surface area (Å²) < 4.78 is 12.9. The van der Waals surface area contributed by atoms with Crippen molar-refractivity contribution >= 4 is 17.4 Å². The van der Waals surface area contributed by atoms with Gasteiger partial charge in [0, 0.05) is 6.54 Å². The molecule has 0 spiro atoms. The van der Waals surface area contributed by atoms with E-state index in [4.69, 9.17) is 5.26 Å². The van der Waals surface area contributed by atoms with Crippen LogP contribution in [0, 0.1) is 23.1 Å². The zero-order valence-electron chi connectivity index (χ0n) is 8.87. The summed E-state index contributed by atoms with van der Waals surface area (Å²) in [6, 6.07) is 6.29. The highest BCUT2D eigenvalue weighted by atomic mass is 32.2. The van der Waals surface area contributed by atoms with E-state index in [0.29, 0.717) is 11.5 Å². The summed E-state index contributed by atoms with van der Waals surface area (Å²) in [6.07, 6.45) is 1.22. The molecule has 1 N–H and O–H groups in total. The standard InChI is InChI=1S/C12H13FN2S/c13-11-1-2-12(10(5-11)6-14)15-7-9-3-4-16-8-9/h1-2,5,9,15H,3-4,7-8H2. The first-order chi connectivity index (χ1) is 7.79. The number of anilines is 1. The van der Waals surface area contributed by atoms with Crippen molar-refractivity contribution in [1.29, 1.82) is 5.26 Å². The van der Waals surface area contributed by atoms with Crippen LogP contribution < -0.4 is 5.32 Å². The minimum absolute atomic E-state index is 0.362. The predicted molar refractivity (Wildman–Crippen MR) is 65.0 cm³/mol. The number of benzene rings is 1. The molecule has 0 radical (unpaired) electrons. The topological polar surface area (TPSA) is 35.8 Å². The van der Waals surface area contributed by atoms with E-state index in [9.17, 15) is 4.39 Å². The Bertz CT molecular complexity index is 408. The smallest absolute Gasteiger partial charge is 0.124 e. The van der Waals surface area contributed by atoms with Crippen LogP contribution in [0.1, 0.15) is 12.0 Å². The summed E-state index contributed by atoms with van der Waals surface area (Å²) in [5.41, 5.74) is 1.12. The summed E-state index contributed by atoms with van der Waals surface area (Å²) in [5, 5.41) is 12.1. The first kappa shape index (κ1) is 11.3. The number of nitrogens with one attached hydrogen (secondary N) is 1. The van der Waals surface area contributed by atoms with Gasteiger partial charge in [-0.15, -0.1) is 0 Å². The molecule has 2 rings (SSSR count). The van der Waals surface area contributed by atoms with Crippen LogP contribution in [-0.2, 0) is 0 Å². The van der Waals surface area contributed by atoms with Crippen LogP contribution in [0.5, 0.6) is 0 Å². The normalized spacial score (nSPS) is 19.4. The average Bonchev–Trinajstić information content (AvgIpc) is 2.80. The van der Waals surface area contributed by atoms with Crippen LogP contribution in [0.15, 0.2) is 18.2 Å². The maximum Gasteiger partial charge on any atom is 0.124 e. The summed E-state index contributed by atoms with van der Waals surface area (Å²) >= 11 is 1.96. The molecule has 0 saturated carbocycles. The molecule has 1 aliphatic rings. The molecular weight excluding hydrogens is 223 g/mol. The Kier molecular flexibility index (Phi) is 3.68. The SMILES string of the molecule is N#Cc1cc(F)ccc1NCC1CCSC1. The number of rotatable bonds is 3. The second-order valence-electron chi connectivity index (χ2n) is 3.91. The Morgan fingerprint density at radius 2 is 2.44 bits per heavy atom. The Labute approximate surface area is 98.8 Å². The molecule has 1 aliphatic heterocycles. The fourth-order valence-electron chi connectivity index (χ4n) is 1.76. The van der Waals surface area contributed by atoms with E-state index in [2.05, 4.69) is 5.32 Å². The molecule has 1 unspecified atom stereocenters. The fourth-order valence-corrected chi connectivity index (χ4v) is 3.05.